The molecule has 5 heteroatoms. The fourth-order valence-corrected chi connectivity index (χ4v) is 3.00. The number of carbonyl (C=O) groups excluding carboxylic acids is 1. The zero-order valence-electron chi connectivity index (χ0n) is 13.1. The minimum Gasteiger partial charge on any atom is -0.300 e. The third-order valence-corrected chi connectivity index (χ3v) is 4.16. The van der Waals surface area contributed by atoms with E-state index in [1.165, 1.54) is 6.33 Å². The van der Waals surface area contributed by atoms with Crippen molar-refractivity contribution in [3.8, 4) is 18.0 Å². The molecule has 0 aliphatic carbocycles. The van der Waals surface area contributed by atoms with Crippen LogP contribution in [0.5, 0.6) is 0 Å². The molecule has 3 aromatic rings. The van der Waals surface area contributed by atoms with Gasteiger partial charge in [0.05, 0.1) is 23.6 Å². The number of hydrogen-bond donors (Lipinski definition) is 0. The second kappa shape index (κ2) is 5.84. The molecule has 0 saturated carbocycles. The molecule has 0 unspecified atom stereocenters. The summed E-state index contributed by atoms with van der Waals surface area (Å²) in [7, 11) is 0. The Balaban J connectivity index is 2.01. The summed E-state index contributed by atoms with van der Waals surface area (Å²) in [6, 6.07) is 13.6. The van der Waals surface area contributed by atoms with Crippen LogP contribution in [0.1, 0.15) is 32.9 Å². The summed E-state index contributed by atoms with van der Waals surface area (Å²) in [6.45, 7) is 0.148. The predicted octanol–water partition coefficient (Wildman–Crippen LogP) is 3.31. The van der Waals surface area contributed by atoms with Crippen molar-refractivity contribution in [2.45, 2.75) is 6.54 Å². The number of hydrogen-bond acceptors (Lipinski definition) is 3. The van der Waals surface area contributed by atoms with Crippen molar-refractivity contribution in [3.63, 3.8) is 0 Å². The van der Waals surface area contributed by atoms with Crippen LogP contribution in [-0.4, -0.2) is 21.3 Å². The molecule has 0 radical (unpaired) electrons. The van der Waals surface area contributed by atoms with Crippen molar-refractivity contribution in [1.29, 1.82) is 0 Å². The zero-order chi connectivity index (χ0) is 17.4. The van der Waals surface area contributed by atoms with Gasteiger partial charge in [-0.1, -0.05) is 36.3 Å². The fourth-order valence-electron chi connectivity index (χ4n) is 3.00. The highest BCUT2D eigenvalue weighted by molar-refractivity contribution is 6.15. The maximum absolute atomic E-state index is 13.3. The summed E-state index contributed by atoms with van der Waals surface area (Å²) in [5, 5.41) is 0. The molecular formula is C20H12FN3O. The summed E-state index contributed by atoms with van der Waals surface area (Å²) in [5.41, 5.74) is 4.18. The first-order chi connectivity index (χ1) is 12.2. The van der Waals surface area contributed by atoms with Crippen LogP contribution in [0.3, 0.4) is 0 Å². The van der Waals surface area contributed by atoms with E-state index in [2.05, 4.69) is 15.9 Å². The molecule has 0 N–H and O–H groups in total. The van der Waals surface area contributed by atoms with Gasteiger partial charge in [-0.05, 0) is 18.2 Å². The summed E-state index contributed by atoms with van der Waals surface area (Å²) >= 11 is 0. The van der Waals surface area contributed by atoms with Crippen molar-refractivity contribution >= 4 is 11.7 Å². The van der Waals surface area contributed by atoms with Crippen LogP contribution in [-0.2, 0) is 6.54 Å². The Morgan fingerprint density at radius 3 is 2.72 bits per heavy atom. The molecule has 0 amide bonds. The predicted molar refractivity (Wildman–Crippen MR) is 92.7 cm³/mol. The number of aromatic nitrogens is 2. The van der Waals surface area contributed by atoms with Gasteiger partial charge in [0, 0.05) is 16.7 Å². The van der Waals surface area contributed by atoms with Gasteiger partial charge in [0.15, 0.2) is 5.69 Å². The van der Waals surface area contributed by atoms with Crippen LogP contribution in [0.4, 0.5) is 4.39 Å². The summed E-state index contributed by atoms with van der Waals surface area (Å²) < 4.78 is 15.0. The number of carbonyl (C=O) groups is 1. The van der Waals surface area contributed by atoms with Crippen molar-refractivity contribution < 1.29 is 9.18 Å². The smallest absolute Gasteiger partial charge is 0.300 e. The minimum atomic E-state index is -1.56. The highest BCUT2D eigenvalue weighted by Gasteiger charge is 2.24. The van der Waals surface area contributed by atoms with Crippen molar-refractivity contribution in [2.24, 2.45) is 4.99 Å². The molecule has 4 rings (SSSR count). The SMILES string of the molecule is C#Cc1ccc2c(c1)C(c1ccccc1)=NCc1c(C(=O)F)ncn1-2. The first kappa shape index (κ1) is 15.0. The molecule has 0 bridgehead atoms. The molecule has 1 aliphatic heterocycles. The van der Waals surface area contributed by atoms with Gasteiger partial charge in [0.1, 0.15) is 6.33 Å². The standard InChI is InChI=1S/C20H12FN3O/c1-2-13-8-9-16-15(10-13)18(14-6-4-3-5-7-14)22-11-17-19(20(21)25)23-12-24(16)17/h1,3-10,12H,11H2. The summed E-state index contributed by atoms with van der Waals surface area (Å²) in [5.74, 6) is 2.62. The number of benzene rings is 2. The molecule has 0 fully saturated rings. The van der Waals surface area contributed by atoms with Gasteiger partial charge < -0.3 is 0 Å². The monoisotopic (exact) mass is 329 g/mol. The Hall–Kier alpha value is -3.52. The molecule has 0 atom stereocenters. The number of halogens is 1. The molecule has 2 aromatic carbocycles. The Morgan fingerprint density at radius 2 is 2.00 bits per heavy atom. The van der Waals surface area contributed by atoms with Crippen LogP contribution in [0.25, 0.3) is 5.69 Å². The van der Waals surface area contributed by atoms with E-state index in [1.807, 2.05) is 42.5 Å². The first-order valence-corrected chi connectivity index (χ1v) is 7.66. The number of terminal acetylenes is 1. The number of aliphatic imine (C=N–C) groups is 1. The summed E-state index contributed by atoms with van der Waals surface area (Å²) in [4.78, 5) is 19.8. The van der Waals surface area contributed by atoms with Gasteiger partial charge in [-0.3, -0.25) is 14.4 Å². The first-order valence-electron chi connectivity index (χ1n) is 7.66. The molecule has 1 aromatic heterocycles. The maximum Gasteiger partial charge on any atom is 0.352 e. The van der Waals surface area contributed by atoms with Crippen LogP contribution >= 0.6 is 0 Å². The Morgan fingerprint density at radius 1 is 1.20 bits per heavy atom. The topological polar surface area (TPSA) is 47.2 Å². The number of imidazole rings is 1. The van der Waals surface area contributed by atoms with Crippen LogP contribution in [0, 0.1) is 12.3 Å². The van der Waals surface area contributed by atoms with E-state index in [1.54, 1.807) is 10.6 Å². The lowest BCUT2D eigenvalue weighted by atomic mass is 9.98. The molecule has 120 valence electrons. The van der Waals surface area contributed by atoms with E-state index in [0.29, 0.717) is 11.3 Å². The number of fused-ring (bicyclic) bond motifs is 3. The van der Waals surface area contributed by atoms with E-state index in [4.69, 9.17) is 6.42 Å². The Labute approximate surface area is 143 Å². The normalized spacial score (nSPS) is 12.4. The molecule has 4 nitrogen and oxygen atoms in total. The lowest BCUT2D eigenvalue weighted by Crippen LogP contribution is -2.07. The fraction of sp³-hybridized carbons (Fsp3) is 0.0500. The molecular weight excluding hydrogens is 317 g/mol. The van der Waals surface area contributed by atoms with Gasteiger partial charge >= 0.3 is 6.04 Å². The van der Waals surface area contributed by atoms with Crippen LogP contribution < -0.4 is 0 Å². The third-order valence-electron chi connectivity index (χ3n) is 4.16. The van der Waals surface area contributed by atoms with E-state index in [-0.39, 0.29) is 12.2 Å². The van der Waals surface area contributed by atoms with Gasteiger partial charge in [-0.2, -0.15) is 4.39 Å². The average molecular weight is 329 g/mol. The Bertz CT molecular complexity index is 1060. The van der Waals surface area contributed by atoms with Gasteiger partial charge in [-0.25, -0.2) is 4.98 Å². The maximum atomic E-state index is 13.3. The van der Waals surface area contributed by atoms with Crippen molar-refractivity contribution in [1.82, 2.24) is 9.55 Å². The molecule has 2 heterocycles. The molecule has 25 heavy (non-hydrogen) atoms. The lowest BCUT2D eigenvalue weighted by molar-refractivity contribution is 0.0829. The van der Waals surface area contributed by atoms with E-state index in [0.717, 1.165) is 22.5 Å². The quantitative estimate of drug-likeness (QED) is 0.535. The average Bonchev–Trinajstić information content (AvgIpc) is 3.00. The largest absolute Gasteiger partial charge is 0.352 e. The highest BCUT2D eigenvalue weighted by atomic mass is 19.1. The molecule has 0 saturated heterocycles. The molecule has 1 aliphatic rings. The molecule has 0 spiro atoms. The van der Waals surface area contributed by atoms with Gasteiger partial charge in [0.2, 0.25) is 0 Å². The second-order valence-electron chi connectivity index (χ2n) is 5.59. The number of nitrogens with zero attached hydrogens (tertiary/aromatic N) is 3. The zero-order valence-corrected chi connectivity index (χ0v) is 13.1. The van der Waals surface area contributed by atoms with Gasteiger partial charge in [0.25, 0.3) is 0 Å². The highest BCUT2D eigenvalue weighted by Crippen LogP contribution is 2.27. The third kappa shape index (κ3) is 2.45. The minimum absolute atomic E-state index is 0.148. The van der Waals surface area contributed by atoms with E-state index in [9.17, 15) is 9.18 Å². The summed E-state index contributed by atoms with van der Waals surface area (Å²) in [6.07, 6.45) is 6.99. The van der Waals surface area contributed by atoms with E-state index >= 15 is 0 Å². The van der Waals surface area contributed by atoms with Crippen LogP contribution in [0.2, 0.25) is 0 Å². The van der Waals surface area contributed by atoms with Crippen LogP contribution in [0.15, 0.2) is 59.9 Å². The van der Waals surface area contributed by atoms with E-state index < -0.39 is 6.04 Å². The second-order valence-corrected chi connectivity index (χ2v) is 5.59. The van der Waals surface area contributed by atoms with Crippen molar-refractivity contribution in [2.75, 3.05) is 0 Å². The van der Waals surface area contributed by atoms with Crippen molar-refractivity contribution in [3.05, 3.63) is 82.9 Å². The van der Waals surface area contributed by atoms with Gasteiger partial charge in [-0.15, -0.1) is 6.42 Å². The lowest BCUT2D eigenvalue weighted by Gasteiger charge is -2.12. The number of rotatable bonds is 2. The Kier molecular flexibility index (Phi) is 3.51.